The molecule has 1 amide bonds. The molecule has 6 nitrogen and oxygen atoms in total. The summed E-state index contributed by atoms with van der Waals surface area (Å²) in [5, 5.41) is 2.74. The highest BCUT2D eigenvalue weighted by Crippen LogP contribution is 2.23. The molecule has 0 saturated carbocycles. The van der Waals surface area contributed by atoms with Crippen LogP contribution in [0.5, 0.6) is 11.5 Å². The van der Waals surface area contributed by atoms with E-state index in [-0.39, 0.29) is 12.5 Å². The fourth-order valence-electron chi connectivity index (χ4n) is 2.89. The molecule has 0 aliphatic carbocycles. The second kappa shape index (κ2) is 10.5. The SMILES string of the molecule is COc1ccc(CNC(=O)[C@@H](C)OC(=O)COc2ccc(C(C)C)c(C)c2)cc1. The van der Waals surface area contributed by atoms with E-state index in [1.54, 1.807) is 7.11 Å². The van der Waals surface area contributed by atoms with Gasteiger partial charge in [-0.25, -0.2) is 4.79 Å². The van der Waals surface area contributed by atoms with Gasteiger partial charge in [0, 0.05) is 6.54 Å². The van der Waals surface area contributed by atoms with E-state index in [0.717, 1.165) is 16.9 Å². The number of carbonyl (C=O) groups excluding carboxylic acids is 2. The summed E-state index contributed by atoms with van der Waals surface area (Å²) in [4.78, 5) is 24.1. The Morgan fingerprint density at radius 1 is 1.00 bits per heavy atom. The van der Waals surface area contributed by atoms with Gasteiger partial charge in [0.05, 0.1) is 7.11 Å². The largest absolute Gasteiger partial charge is 0.497 e. The molecule has 0 saturated heterocycles. The van der Waals surface area contributed by atoms with E-state index in [1.807, 2.05) is 49.4 Å². The molecule has 2 rings (SSSR count). The topological polar surface area (TPSA) is 73.9 Å². The Kier molecular flexibility index (Phi) is 8.07. The fraction of sp³-hybridized carbons (Fsp3) is 0.391. The zero-order valence-electron chi connectivity index (χ0n) is 17.7. The number of ether oxygens (including phenoxy) is 3. The van der Waals surface area contributed by atoms with E-state index in [4.69, 9.17) is 14.2 Å². The number of esters is 1. The van der Waals surface area contributed by atoms with Crippen LogP contribution in [0.25, 0.3) is 0 Å². The first-order valence-corrected chi connectivity index (χ1v) is 9.63. The first kappa shape index (κ1) is 22.3. The smallest absolute Gasteiger partial charge is 0.344 e. The van der Waals surface area contributed by atoms with Crippen molar-refractivity contribution in [1.29, 1.82) is 0 Å². The van der Waals surface area contributed by atoms with E-state index >= 15 is 0 Å². The number of benzene rings is 2. The maximum Gasteiger partial charge on any atom is 0.344 e. The van der Waals surface area contributed by atoms with Crippen LogP contribution in [0.2, 0.25) is 0 Å². The van der Waals surface area contributed by atoms with Crippen molar-refractivity contribution < 1.29 is 23.8 Å². The molecule has 2 aromatic carbocycles. The average molecular weight is 399 g/mol. The second-order valence-corrected chi connectivity index (χ2v) is 7.16. The van der Waals surface area contributed by atoms with Gasteiger partial charge in [0.15, 0.2) is 12.7 Å². The highest BCUT2D eigenvalue weighted by Gasteiger charge is 2.18. The van der Waals surface area contributed by atoms with E-state index in [9.17, 15) is 9.59 Å². The normalized spacial score (nSPS) is 11.7. The Morgan fingerprint density at radius 3 is 2.24 bits per heavy atom. The molecular weight excluding hydrogens is 370 g/mol. The van der Waals surface area contributed by atoms with Crippen molar-refractivity contribution in [3.05, 3.63) is 59.2 Å². The molecule has 29 heavy (non-hydrogen) atoms. The first-order valence-electron chi connectivity index (χ1n) is 9.63. The third-order valence-electron chi connectivity index (χ3n) is 4.52. The summed E-state index contributed by atoms with van der Waals surface area (Å²) in [5.74, 6) is 0.803. The maximum atomic E-state index is 12.1. The molecule has 0 aliphatic heterocycles. The predicted octanol–water partition coefficient (Wildman–Crippen LogP) is 3.75. The lowest BCUT2D eigenvalue weighted by Crippen LogP contribution is -2.36. The monoisotopic (exact) mass is 399 g/mol. The third-order valence-corrected chi connectivity index (χ3v) is 4.52. The number of nitrogens with one attached hydrogen (secondary N) is 1. The molecule has 1 atom stereocenters. The lowest BCUT2D eigenvalue weighted by atomic mass is 9.98. The number of rotatable bonds is 9. The van der Waals surface area contributed by atoms with Gasteiger partial charge in [0.1, 0.15) is 11.5 Å². The van der Waals surface area contributed by atoms with Crippen LogP contribution < -0.4 is 14.8 Å². The fourth-order valence-corrected chi connectivity index (χ4v) is 2.89. The van der Waals surface area contributed by atoms with Crippen molar-refractivity contribution in [3.8, 4) is 11.5 Å². The Morgan fingerprint density at radius 2 is 1.66 bits per heavy atom. The Balaban J connectivity index is 1.77. The van der Waals surface area contributed by atoms with Crippen molar-refractivity contribution >= 4 is 11.9 Å². The van der Waals surface area contributed by atoms with Crippen LogP contribution in [-0.2, 0) is 20.9 Å². The minimum Gasteiger partial charge on any atom is -0.497 e. The van der Waals surface area contributed by atoms with Crippen LogP contribution >= 0.6 is 0 Å². The molecule has 2 aromatic rings. The van der Waals surface area contributed by atoms with Crippen LogP contribution in [0, 0.1) is 6.92 Å². The van der Waals surface area contributed by atoms with Crippen molar-refractivity contribution in [3.63, 3.8) is 0 Å². The lowest BCUT2D eigenvalue weighted by molar-refractivity contribution is -0.156. The van der Waals surface area contributed by atoms with Crippen molar-refractivity contribution in [2.45, 2.75) is 46.3 Å². The third kappa shape index (κ3) is 6.82. The van der Waals surface area contributed by atoms with Crippen LogP contribution in [0.4, 0.5) is 0 Å². The maximum absolute atomic E-state index is 12.1. The summed E-state index contributed by atoms with van der Waals surface area (Å²) in [6.45, 7) is 7.88. The minimum atomic E-state index is -0.908. The van der Waals surface area contributed by atoms with Gasteiger partial charge in [0.2, 0.25) is 0 Å². The molecule has 0 heterocycles. The van der Waals surface area contributed by atoms with Crippen molar-refractivity contribution in [1.82, 2.24) is 5.32 Å². The second-order valence-electron chi connectivity index (χ2n) is 7.16. The Bertz CT molecular complexity index is 830. The van der Waals surface area contributed by atoms with E-state index < -0.39 is 12.1 Å². The molecule has 156 valence electrons. The summed E-state index contributed by atoms with van der Waals surface area (Å²) in [6.07, 6.45) is -0.908. The van der Waals surface area contributed by atoms with Crippen LogP contribution in [0.3, 0.4) is 0 Å². The molecule has 6 heteroatoms. The minimum absolute atomic E-state index is 0.253. The van der Waals surface area contributed by atoms with Crippen molar-refractivity contribution in [2.75, 3.05) is 13.7 Å². The van der Waals surface area contributed by atoms with E-state index in [0.29, 0.717) is 18.2 Å². The van der Waals surface area contributed by atoms with Gasteiger partial charge in [-0.2, -0.15) is 0 Å². The Labute approximate surface area is 172 Å². The standard InChI is InChI=1S/C23H29NO5/c1-15(2)21-11-10-20(12-16(21)3)28-14-22(25)29-17(4)23(26)24-13-18-6-8-19(27-5)9-7-18/h6-12,15,17H,13-14H2,1-5H3,(H,24,26)/t17-/m1/s1. The predicted molar refractivity (Wildman–Crippen MR) is 111 cm³/mol. The van der Waals surface area contributed by atoms with Gasteiger partial charge in [-0.1, -0.05) is 32.0 Å². The molecule has 0 spiro atoms. The molecule has 0 unspecified atom stereocenters. The number of methoxy groups -OCH3 is 1. The zero-order valence-corrected chi connectivity index (χ0v) is 17.7. The number of aryl methyl sites for hydroxylation is 1. The zero-order chi connectivity index (χ0) is 21.4. The van der Waals surface area contributed by atoms with Gasteiger partial charge in [0.25, 0.3) is 5.91 Å². The van der Waals surface area contributed by atoms with Gasteiger partial charge in [-0.05, 0) is 60.7 Å². The number of hydrogen-bond acceptors (Lipinski definition) is 5. The molecule has 0 bridgehead atoms. The van der Waals surface area contributed by atoms with Crippen LogP contribution in [0.1, 0.15) is 43.4 Å². The first-order chi connectivity index (χ1) is 13.8. The molecular formula is C23H29NO5. The van der Waals surface area contributed by atoms with Crippen LogP contribution in [-0.4, -0.2) is 31.7 Å². The summed E-state index contributed by atoms with van der Waals surface area (Å²) < 4.78 is 15.7. The van der Waals surface area contributed by atoms with Gasteiger partial charge >= 0.3 is 5.97 Å². The van der Waals surface area contributed by atoms with Gasteiger partial charge in [-0.15, -0.1) is 0 Å². The summed E-state index contributed by atoms with van der Waals surface area (Å²) >= 11 is 0. The Hall–Kier alpha value is -3.02. The number of hydrogen-bond donors (Lipinski definition) is 1. The molecule has 1 N–H and O–H groups in total. The molecule has 0 radical (unpaired) electrons. The quantitative estimate of drug-likeness (QED) is 0.650. The van der Waals surface area contributed by atoms with E-state index in [2.05, 4.69) is 19.2 Å². The number of carbonyl (C=O) groups is 2. The summed E-state index contributed by atoms with van der Waals surface area (Å²) in [7, 11) is 1.60. The molecule has 0 aliphatic rings. The highest BCUT2D eigenvalue weighted by molar-refractivity contribution is 5.83. The van der Waals surface area contributed by atoms with Gasteiger partial charge < -0.3 is 19.5 Å². The van der Waals surface area contributed by atoms with Crippen molar-refractivity contribution in [2.24, 2.45) is 0 Å². The summed E-state index contributed by atoms with van der Waals surface area (Å²) in [5.41, 5.74) is 3.26. The highest BCUT2D eigenvalue weighted by atomic mass is 16.6. The van der Waals surface area contributed by atoms with E-state index in [1.165, 1.54) is 12.5 Å². The molecule has 0 fully saturated rings. The molecule has 0 aromatic heterocycles. The average Bonchev–Trinajstić information content (AvgIpc) is 2.70. The van der Waals surface area contributed by atoms with Gasteiger partial charge in [-0.3, -0.25) is 4.79 Å². The lowest BCUT2D eigenvalue weighted by Gasteiger charge is -2.15. The summed E-state index contributed by atoms with van der Waals surface area (Å²) in [6, 6.07) is 13.1. The number of amides is 1. The van der Waals surface area contributed by atoms with Crippen LogP contribution in [0.15, 0.2) is 42.5 Å².